The number of anilines is 2. The van der Waals surface area contributed by atoms with Gasteiger partial charge < -0.3 is 5.32 Å². The normalized spacial score (nSPS) is 11.6. The molecule has 4 nitrogen and oxygen atoms in total. The fourth-order valence-corrected chi connectivity index (χ4v) is 2.02. The summed E-state index contributed by atoms with van der Waals surface area (Å²) < 4.78 is 37.5. The minimum absolute atomic E-state index is 0.170. The van der Waals surface area contributed by atoms with Crippen molar-refractivity contribution in [3.8, 4) is 0 Å². The van der Waals surface area contributed by atoms with E-state index < -0.39 is 11.7 Å². The average molecular weight is 305 g/mol. The zero-order chi connectivity index (χ0) is 15.7. The maximum absolute atomic E-state index is 12.5. The molecule has 2 aromatic carbocycles. The minimum atomic E-state index is -4.38. The van der Waals surface area contributed by atoms with Gasteiger partial charge in [0.2, 0.25) is 5.95 Å². The van der Waals surface area contributed by atoms with Crippen molar-refractivity contribution >= 4 is 22.5 Å². The lowest BCUT2D eigenvalue weighted by Gasteiger charge is -2.09. The molecule has 0 bridgehead atoms. The van der Waals surface area contributed by atoms with E-state index in [0.717, 1.165) is 12.1 Å². The van der Waals surface area contributed by atoms with Gasteiger partial charge in [0.15, 0.2) is 0 Å². The summed E-state index contributed by atoms with van der Waals surface area (Å²) in [6.45, 7) is 0. The van der Waals surface area contributed by atoms with Gasteiger partial charge in [0, 0.05) is 5.69 Å². The van der Waals surface area contributed by atoms with Gasteiger partial charge in [-0.15, -0.1) is 0 Å². The van der Waals surface area contributed by atoms with Gasteiger partial charge in [-0.1, -0.05) is 12.1 Å². The number of aromatic nitrogens is 2. The molecule has 0 atom stereocenters. The molecule has 7 heteroatoms. The predicted molar refractivity (Wildman–Crippen MR) is 77.1 cm³/mol. The highest BCUT2D eigenvalue weighted by Gasteiger charge is 2.29. The molecule has 0 spiro atoms. The quantitative estimate of drug-likeness (QED) is 0.759. The highest BCUT2D eigenvalue weighted by atomic mass is 19.4. The number of para-hydroxylation sites is 1. The van der Waals surface area contributed by atoms with Crippen molar-refractivity contribution in [3.05, 3.63) is 64.4 Å². The number of fused-ring (bicyclic) bond motifs is 1. The van der Waals surface area contributed by atoms with Crippen molar-refractivity contribution in [3.63, 3.8) is 0 Å². The third kappa shape index (κ3) is 2.78. The van der Waals surface area contributed by atoms with E-state index in [1.807, 2.05) is 0 Å². The Morgan fingerprint density at radius 3 is 2.36 bits per heavy atom. The van der Waals surface area contributed by atoms with E-state index in [1.165, 1.54) is 12.1 Å². The molecule has 1 aromatic heterocycles. The topological polar surface area (TPSA) is 57.8 Å². The Morgan fingerprint density at radius 2 is 1.68 bits per heavy atom. The first-order valence-electron chi connectivity index (χ1n) is 6.37. The number of aromatic amines is 1. The van der Waals surface area contributed by atoms with E-state index in [9.17, 15) is 18.0 Å². The van der Waals surface area contributed by atoms with Crippen molar-refractivity contribution < 1.29 is 13.2 Å². The van der Waals surface area contributed by atoms with Gasteiger partial charge in [-0.05, 0) is 36.4 Å². The number of hydrogen-bond acceptors (Lipinski definition) is 3. The third-order valence-corrected chi connectivity index (χ3v) is 3.09. The number of hydrogen-bond donors (Lipinski definition) is 2. The maximum Gasteiger partial charge on any atom is 0.416 e. The van der Waals surface area contributed by atoms with Gasteiger partial charge in [-0.25, -0.2) is 4.98 Å². The Balaban J connectivity index is 1.92. The molecule has 0 saturated carbocycles. The van der Waals surface area contributed by atoms with Crippen LogP contribution in [0.2, 0.25) is 0 Å². The Kier molecular flexibility index (Phi) is 3.32. The lowest BCUT2D eigenvalue weighted by molar-refractivity contribution is -0.137. The average Bonchev–Trinajstić information content (AvgIpc) is 2.47. The van der Waals surface area contributed by atoms with Crippen LogP contribution in [0.3, 0.4) is 0 Å². The number of benzene rings is 2. The van der Waals surface area contributed by atoms with Crippen LogP contribution in [0.15, 0.2) is 53.3 Å². The fraction of sp³-hybridized carbons (Fsp3) is 0.0667. The molecule has 0 unspecified atom stereocenters. The number of nitrogens with zero attached hydrogens (tertiary/aromatic N) is 1. The maximum atomic E-state index is 12.5. The monoisotopic (exact) mass is 305 g/mol. The summed E-state index contributed by atoms with van der Waals surface area (Å²) >= 11 is 0. The van der Waals surface area contributed by atoms with Gasteiger partial charge in [-0.2, -0.15) is 13.2 Å². The molecule has 3 aromatic rings. The molecule has 0 fully saturated rings. The number of H-pyrrole nitrogens is 1. The van der Waals surface area contributed by atoms with Crippen LogP contribution in [0.1, 0.15) is 5.56 Å². The molecular weight excluding hydrogens is 295 g/mol. The number of rotatable bonds is 2. The molecule has 0 saturated heterocycles. The van der Waals surface area contributed by atoms with Crippen LogP contribution in [0.4, 0.5) is 24.8 Å². The predicted octanol–water partition coefficient (Wildman–Crippen LogP) is 3.69. The Bertz CT molecular complexity index is 870. The minimum Gasteiger partial charge on any atom is -0.326 e. The number of halogens is 3. The molecule has 22 heavy (non-hydrogen) atoms. The third-order valence-electron chi connectivity index (χ3n) is 3.09. The molecule has 0 radical (unpaired) electrons. The fourth-order valence-electron chi connectivity index (χ4n) is 2.02. The molecule has 0 amide bonds. The van der Waals surface area contributed by atoms with E-state index in [0.29, 0.717) is 16.6 Å². The highest BCUT2D eigenvalue weighted by Crippen LogP contribution is 2.30. The summed E-state index contributed by atoms with van der Waals surface area (Å²) in [5.74, 6) is 0.170. The van der Waals surface area contributed by atoms with E-state index in [1.54, 1.807) is 24.3 Å². The number of nitrogens with one attached hydrogen (secondary N) is 2. The summed E-state index contributed by atoms with van der Waals surface area (Å²) in [4.78, 5) is 18.6. The molecule has 112 valence electrons. The second kappa shape index (κ2) is 5.18. The van der Waals surface area contributed by atoms with E-state index in [2.05, 4.69) is 15.3 Å². The smallest absolute Gasteiger partial charge is 0.326 e. The number of alkyl halides is 3. The van der Waals surface area contributed by atoms with Crippen LogP contribution in [0.5, 0.6) is 0 Å². The largest absolute Gasteiger partial charge is 0.416 e. The first kappa shape index (κ1) is 14.1. The van der Waals surface area contributed by atoms with Crippen molar-refractivity contribution in [1.29, 1.82) is 0 Å². The summed E-state index contributed by atoms with van der Waals surface area (Å²) in [5, 5.41) is 3.23. The summed E-state index contributed by atoms with van der Waals surface area (Å²) in [6.07, 6.45) is -4.38. The Hall–Kier alpha value is -2.83. The zero-order valence-electron chi connectivity index (χ0n) is 11.1. The Morgan fingerprint density at radius 1 is 1.00 bits per heavy atom. The lowest BCUT2D eigenvalue weighted by Crippen LogP contribution is -2.11. The molecule has 2 N–H and O–H groups in total. The van der Waals surface area contributed by atoms with E-state index in [4.69, 9.17) is 0 Å². The van der Waals surface area contributed by atoms with Crippen molar-refractivity contribution in [1.82, 2.24) is 9.97 Å². The summed E-state index contributed by atoms with van der Waals surface area (Å²) in [7, 11) is 0. The van der Waals surface area contributed by atoms with E-state index >= 15 is 0 Å². The highest BCUT2D eigenvalue weighted by molar-refractivity contribution is 5.78. The molecule has 0 aliphatic carbocycles. The molecule has 3 rings (SSSR count). The van der Waals surface area contributed by atoms with Gasteiger partial charge in [0.1, 0.15) is 0 Å². The van der Waals surface area contributed by atoms with E-state index in [-0.39, 0.29) is 11.5 Å². The van der Waals surface area contributed by atoms with Crippen LogP contribution < -0.4 is 10.9 Å². The van der Waals surface area contributed by atoms with Gasteiger partial charge >= 0.3 is 6.18 Å². The second-order valence-corrected chi connectivity index (χ2v) is 4.63. The molecule has 0 aliphatic heterocycles. The molecular formula is C15H10F3N3O. The SMILES string of the molecule is O=c1[nH]c(Nc2ccc(C(F)(F)F)cc2)nc2ccccc12. The standard InChI is InChI=1S/C15H10F3N3O/c16-15(17,18)9-5-7-10(8-6-9)19-14-20-12-4-2-1-3-11(12)13(22)21-14/h1-8H,(H2,19,20,21,22). The summed E-state index contributed by atoms with van der Waals surface area (Å²) in [5.41, 5.74) is -0.162. The zero-order valence-corrected chi connectivity index (χ0v) is 11.1. The first-order chi connectivity index (χ1) is 10.4. The summed E-state index contributed by atoms with van der Waals surface area (Å²) in [6, 6.07) is 11.3. The van der Waals surface area contributed by atoms with Crippen LogP contribution in [0, 0.1) is 0 Å². The van der Waals surface area contributed by atoms with Gasteiger partial charge in [0.05, 0.1) is 16.5 Å². The van der Waals surface area contributed by atoms with Gasteiger partial charge in [-0.3, -0.25) is 9.78 Å². The lowest BCUT2D eigenvalue weighted by atomic mass is 10.2. The van der Waals surface area contributed by atoms with Crippen molar-refractivity contribution in [2.45, 2.75) is 6.18 Å². The van der Waals surface area contributed by atoms with Crippen molar-refractivity contribution in [2.24, 2.45) is 0 Å². The van der Waals surface area contributed by atoms with Crippen molar-refractivity contribution in [2.75, 3.05) is 5.32 Å². The Labute approximate surface area is 122 Å². The van der Waals surface area contributed by atoms with Crippen LogP contribution in [0.25, 0.3) is 10.9 Å². The molecule has 0 aliphatic rings. The second-order valence-electron chi connectivity index (χ2n) is 4.63. The van der Waals surface area contributed by atoms with Crippen LogP contribution in [-0.4, -0.2) is 9.97 Å². The van der Waals surface area contributed by atoms with Gasteiger partial charge in [0.25, 0.3) is 5.56 Å². The first-order valence-corrected chi connectivity index (χ1v) is 6.37. The van der Waals surface area contributed by atoms with Crippen LogP contribution in [-0.2, 0) is 6.18 Å². The van der Waals surface area contributed by atoms with Crippen LogP contribution >= 0.6 is 0 Å². The molecule has 1 heterocycles.